The first-order valence-electron chi connectivity index (χ1n) is 5.43. The smallest absolute Gasteiger partial charge is 0.336 e. The number of hydrogen-bond acceptors (Lipinski definition) is 3. The summed E-state index contributed by atoms with van der Waals surface area (Å²) in [5.74, 6) is -0.231. The second-order valence-corrected chi connectivity index (χ2v) is 5.32. The van der Waals surface area contributed by atoms with Crippen molar-refractivity contribution in [1.29, 1.82) is 0 Å². The van der Waals surface area contributed by atoms with Gasteiger partial charge in [0.25, 0.3) is 0 Å². The fourth-order valence-corrected chi connectivity index (χ4v) is 2.06. The number of benzene rings is 1. The highest BCUT2D eigenvalue weighted by molar-refractivity contribution is 7.84. The third-order valence-corrected chi connectivity index (χ3v) is 3.21. The molecule has 1 unspecified atom stereocenters. The van der Waals surface area contributed by atoms with Gasteiger partial charge in [0.15, 0.2) is 0 Å². The van der Waals surface area contributed by atoms with Gasteiger partial charge >= 0.3 is 5.97 Å². The molecule has 0 aromatic heterocycles. The van der Waals surface area contributed by atoms with Gasteiger partial charge in [-0.3, -0.25) is 4.21 Å². The standard InChI is InChI=1S/C12H17NO3S/c1-17(16)8-4-7-13-9-10-5-2-3-6-11(10)12(14)15/h2-3,5-6,13H,4,7-9H2,1H3,(H,14,15). The van der Waals surface area contributed by atoms with Gasteiger partial charge < -0.3 is 10.4 Å². The first kappa shape index (κ1) is 13.9. The molecule has 0 amide bonds. The van der Waals surface area contributed by atoms with Crippen molar-refractivity contribution in [2.24, 2.45) is 0 Å². The Morgan fingerprint density at radius 1 is 1.41 bits per heavy atom. The SMILES string of the molecule is CS(=O)CCCNCc1ccccc1C(=O)O. The number of rotatable bonds is 7. The van der Waals surface area contributed by atoms with Crippen LogP contribution in [0.15, 0.2) is 24.3 Å². The third-order valence-electron chi connectivity index (χ3n) is 2.35. The Bertz CT molecular complexity index is 406. The fraction of sp³-hybridized carbons (Fsp3) is 0.417. The summed E-state index contributed by atoms with van der Waals surface area (Å²) in [5, 5.41) is 12.1. The van der Waals surface area contributed by atoms with Crippen molar-refractivity contribution in [3.8, 4) is 0 Å². The normalized spacial score (nSPS) is 12.3. The molecule has 0 heterocycles. The van der Waals surface area contributed by atoms with Crippen molar-refractivity contribution < 1.29 is 14.1 Å². The lowest BCUT2D eigenvalue weighted by Gasteiger charge is -2.07. The van der Waals surface area contributed by atoms with Crippen LogP contribution in [0.4, 0.5) is 0 Å². The molecule has 0 saturated heterocycles. The Morgan fingerprint density at radius 3 is 2.76 bits per heavy atom. The van der Waals surface area contributed by atoms with E-state index in [-0.39, 0.29) is 0 Å². The first-order valence-corrected chi connectivity index (χ1v) is 7.16. The molecule has 1 aromatic carbocycles. The van der Waals surface area contributed by atoms with E-state index < -0.39 is 16.8 Å². The van der Waals surface area contributed by atoms with Gasteiger partial charge in [-0.25, -0.2) is 4.79 Å². The van der Waals surface area contributed by atoms with Gasteiger partial charge in [-0.15, -0.1) is 0 Å². The summed E-state index contributed by atoms with van der Waals surface area (Å²) in [7, 11) is -0.759. The quantitative estimate of drug-likeness (QED) is 0.719. The van der Waals surface area contributed by atoms with Crippen LogP contribution >= 0.6 is 0 Å². The van der Waals surface area contributed by atoms with Gasteiger partial charge in [-0.05, 0) is 24.6 Å². The van der Waals surface area contributed by atoms with Gasteiger partial charge in [-0.1, -0.05) is 18.2 Å². The van der Waals surface area contributed by atoms with Crippen molar-refractivity contribution in [2.75, 3.05) is 18.6 Å². The molecule has 4 nitrogen and oxygen atoms in total. The molecule has 0 saturated carbocycles. The minimum atomic E-state index is -0.905. The first-order chi connectivity index (χ1) is 8.11. The molecule has 2 N–H and O–H groups in total. The zero-order valence-corrected chi connectivity index (χ0v) is 10.6. The number of carboxylic acid groups (broad SMARTS) is 1. The van der Waals surface area contributed by atoms with Crippen molar-refractivity contribution >= 4 is 16.8 Å². The van der Waals surface area contributed by atoms with Crippen LogP contribution in [0.25, 0.3) is 0 Å². The molecule has 0 aliphatic rings. The van der Waals surface area contributed by atoms with Crippen LogP contribution in [0.2, 0.25) is 0 Å². The predicted octanol–water partition coefficient (Wildman–Crippen LogP) is 1.24. The maximum Gasteiger partial charge on any atom is 0.336 e. The van der Waals surface area contributed by atoms with Crippen LogP contribution in [0.1, 0.15) is 22.3 Å². The molecule has 0 spiro atoms. The highest BCUT2D eigenvalue weighted by atomic mass is 32.2. The Hall–Kier alpha value is -1.20. The Labute approximate surface area is 104 Å². The molecule has 0 aliphatic carbocycles. The van der Waals surface area contributed by atoms with Crippen molar-refractivity contribution in [3.05, 3.63) is 35.4 Å². The summed E-state index contributed by atoms with van der Waals surface area (Å²) in [6, 6.07) is 6.94. The van der Waals surface area contributed by atoms with E-state index >= 15 is 0 Å². The molecule has 1 atom stereocenters. The number of carboxylic acids is 1. The van der Waals surface area contributed by atoms with Crippen LogP contribution < -0.4 is 5.32 Å². The lowest BCUT2D eigenvalue weighted by molar-refractivity contribution is 0.0695. The summed E-state index contributed by atoms with van der Waals surface area (Å²) in [6.07, 6.45) is 2.51. The lowest BCUT2D eigenvalue weighted by Crippen LogP contribution is -2.18. The molecule has 0 bridgehead atoms. The number of carbonyl (C=O) groups is 1. The Kier molecular flexibility index (Phi) is 5.86. The van der Waals surface area contributed by atoms with Gasteiger partial charge in [0.05, 0.1) is 5.56 Å². The number of aromatic carboxylic acids is 1. The molecular weight excluding hydrogens is 238 g/mol. The number of nitrogens with one attached hydrogen (secondary N) is 1. The molecule has 0 fully saturated rings. The van der Waals surface area contributed by atoms with E-state index in [1.165, 1.54) is 0 Å². The van der Waals surface area contributed by atoms with Gasteiger partial charge in [0.2, 0.25) is 0 Å². The van der Waals surface area contributed by atoms with Crippen LogP contribution in [0, 0.1) is 0 Å². The van der Waals surface area contributed by atoms with Gasteiger partial charge in [0.1, 0.15) is 0 Å². The van der Waals surface area contributed by atoms with E-state index in [0.717, 1.165) is 18.5 Å². The van der Waals surface area contributed by atoms with E-state index in [9.17, 15) is 9.00 Å². The van der Waals surface area contributed by atoms with Crippen LogP contribution in [-0.4, -0.2) is 33.8 Å². The maximum atomic E-state index is 10.9. The van der Waals surface area contributed by atoms with Gasteiger partial charge in [-0.2, -0.15) is 0 Å². The molecule has 94 valence electrons. The summed E-state index contributed by atoms with van der Waals surface area (Å²) >= 11 is 0. The average molecular weight is 255 g/mol. The Balaban J connectivity index is 2.41. The molecule has 5 heteroatoms. The molecule has 0 radical (unpaired) electrons. The van der Waals surface area contributed by atoms with E-state index in [1.807, 2.05) is 6.07 Å². The maximum absolute atomic E-state index is 10.9. The van der Waals surface area contributed by atoms with E-state index in [1.54, 1.807) is 24.5 Å². The van der Waals surface area contributed by atoms with Crippen LogP contribution in [0.3, 0.4) is 0 Å². The van der Waals surface area contributed by atoms with Crippen molar-refractivity contribution in [2.45, 2.75) is 13.0 Å². The van der Waals surface area contributed by atoms with Crippen molar-refractivity contribution in [1.82, 2.24) is 5.32 Å². The van der Waals surface area contributed by atoms with E-state index in [4.69, 9.17) is 5.11 Å². The number of hydrogen-bond donors (Lipinski definition) is 2. The molecule has 17 heavy (non-hydrogen) atoms. The second kappa shape index (κ2) is 7.19. The van der Waals surface area contributed by atoms with E-state index in [0.29, 0.717) is 17.9 Å². The van der Waals surface area contributed by atoms with Crippen LogP contribution in [-0.2, 0) is 17.3 Å². The summed E-state index contributed by atoms with van der Waals surface area (Å²) in [5.41, 5.74) is 1.11. The average Bonchev–Trinajstić information content (AvgIpc) is 2.28. The fourth-order valence-electron chi connectivity index (χ4n) is 1.51. The molecule has 1 aromatic rings. The zero-order valence-electron chi connectivity index (χ0n) is 9.81. The zero-order chi connectivity index (χ0) is 12.7. The summed E-state index contributed by atoms with van der Waals surface area (Å²) in [4.78, 5) is 10.9. The minimum Gasteiger partial charge on any atom is -0.478 e. The van der Waals surface area contributed by atoms with Crippen LogP contribution in [0.5, 0.6) is 0 Å². The molecular formula is C12H17NO3S. The highest BCUT2D eigenvalue weighted by Crippen LogP contribution is 2.08. The monoisotopic (exact) mass is 255 g/mol. The largest absolute Gasteiger partial charge is 0.478 e. The molecule has 0 aliphatic heterocycles. The lowest BCUT2D eigenvalue weighted by atomic mass is 10.1. The highest BCUT2D eigenvalue weighted by Gasteiger charge is 2.07. The Morgan fingerprint density at radius 2 is 2.12 bits per heavy atom. The summed E-state index contributed by atoms with van der Waals surface area (Å²) < 4.78 is 10.8. The summed E-state index contributed by atoms with van der Waals surface area (Å²) in [6.45, 7) is 1.27. The predicted molar refractivity (Wildman–Crippen MR) is 68.7 cm³/mol. The van der Waals surface area contributed by atoms with Crippen molar-refractivity contribution in [3.63, 3.8) is 0 Å². The van der Waals surface area contributed by atoms with E-state index in [2.05, 4.69) is 5.32 Å². The second-order valence-electron chi connectivity index (χ2n) is 3.77. The molecule has 1 rings (SSSR count). The minimum absolute atomic E-state index is 0.332. The van der Waals surface area contributed by atoms with Gasteiger partial charge in [0, 0.05) is 29.4 Å². The third kappa shape index (κ3) is 5.10. The topological polar surface area (TPSA) is 66.4 Å².